The van der Waals surface area contributed by atoms with Crippen LogP contribution in [-0.2, 0) is 17.4 Å². The van der Waals surface area contributed by atoms with Gasteiger partial charge in [-0.25, -0.2) is 4.79 Å². The van der Waals surface area contributed by atoms with Crippen molar-refractivity contribution in [3.05, 3.63) is 65.2 Å². The lowest BCUT2D eigenvalue weighted by Crippen LogP contribution is -2.66. The second-order valence-electron chi connectivity index (χ2n) is 10.3. The second kappa shape index (κ2) is 9.10. The van der Waals surface area contributed by atoms with Crippen molar-refractivity contribution in [1.82, 2.24) is 20.0 Å². The van der Waals surface area contributed by atoms with Gasteiger partial charge in [-0.05, 0) is 17.2 Å². The highest BCUT2D eigenvalue weighted by Crippen LogP contribution is 2.51. The van der Waals surface area contributed by atoms with E-state index in [1.165, 1.54) is 36.7 Å². The van der Waals surface area contributed by atoms with Gasteiger partial charge in [-0.15, -0.1) is 0 Å². The molecule has 0 saturated carbocycles. The predicted octanol–water partition coefficient (Wildman–Crippen LogP) is 3.74. The summed E-state index contributed by atoms with van der Waals surface area (Å²) in [4.78, 5) is 21.2. The van der Waals surface area contributed by atoms with Gasteiger partial charge in [-0.2, -0.15) is 18.2 Å². The molecule has 3 aromatic rings. The van der Waals surface area contributed by atoms with Crippen LogP contribution in [0, 0.1) is 5.41 Å². The highest BCUT2D eigenvalue weighted by molar-refractivity contribution is 5.67. The molecule has 0 bridgehead atoms. The van der Waals surface area contributed by atoms with Crippen LogP contribution in [0.1, 0.15) is 43.3 Å². The maximum atomic E-state index is 12.9. The van der Waals surface area contributed by atoms with Crippen LogP contribution in [0.15, 0.2) is 47.2 Å². The van der Waals surface area contributed by atoms with Crippen molar-refractivity contribution in [1.29, 1.82) is 0 Å². The first kappa shape index (κ1) is 26.6. The number of hydrogen-bond donors (Lipinski definition) is 3. The van der Waals surface area contributed by atoms with Gasteiger partial charge in [0.25, 0.3) is 5.89 Å². The first-order valence-corrected chi connectivity index (χ1v) is 11.5. The van der Waals surface area contributed by atoms with E-state index in [-0.39, 0.29) is 48.1 Å². The molecule has 3 heterocycles. The third kappa shape index (κ3) is 4.90. The van der Waals surface area contributed by atoms with Crippen LogP contribution in [0.3, 0.4) is 0 Å². The number of amides is 1. The minimum absolute atomic E-state index is 0.0112. The standard InChI is InChI=1S/C25H27F3N4O5/c1-22(2,14-33)20-30-19(37-31-20)16-8-18(11-29-10-16)25(36,23(3)12-32(13-23)21(34)35)17-6-4-15(5-7-17)9-24(26,27)28/h4-8,10-11,33,36H,9,12-14H2,1-3H3,(H,34,35)/t25-/m0/s1. The molecule has 0 radical (unpaired) electrons. The first-order valence-electron chi connectivity index (χ1n) is 11.5. The Bertz CT molecular complexity index is 1290. The van der Waals surface area contributed by atoms with Crippen LogP contribution in [0.5, 0.6) is 0 Å². The number of nitrogens with zero attached hydrogens (tertiary/aromatic N) is 4. The number of likely N-dealkylation sites (tertiary alicyclic amines) is 1. The summed E-state index contributed by atoms with van der Waals surface area (Å²) in [6.07, 6.45) is -3.78. The summed E-state index contributed by atoms with van der Waals surface area (Å²) in [6, 6.07) is 7.00. The lowest BCUT2D eigenvalue weighted by Gasteiger charge is -2.55. The SMILES string of the molecule is CC(C)(CO)c1noc(-c2cncc([C@@](O)(c3ccc(CC(F)(F)F)cc3)C3(C)CN(C(=O)O)C3)c2)n1. The fraction of sp³-hybridized carbons (Fsp3) is 0.440. The van der Waals surface area contributed by atoms with Crippen LogP contribution in [-0.4, -0.2) is 67.3 Å². The van der Waals surface area contributed by atoms with Crippen LogP contribution in [0.25, 0.3) is 11.5 Å². The van der Waals surface area contributed by atoms with E-state index in [9.17, 15) is 33.3 Å². The molecule has 3 N–H and O–H groups in total. The molecule has 9 nitrogen and oxygen atoms in total. The largest absolute Gasteiger partial charge is 0.465 e. The zero-order valence-corrected chi connectivity index (χ0v) is 20.5. The molecule has 12 heteroatoms. The van der Waals surface area contributed by atoms with E-state index in [1.54, 1.807) is 26.8 Å². The Labute approximate surface area is 210 Å². The molecule has 0 spiro atoms. The molecule has 1 aromatic carbocycles. The van der Waals surface area contributed by atoms with Crippen molar-refractivity contribution >= 4 is 6.09 Å². The number of alkyl halides is 3. The van der Waals surface area contributed by atoms with Crippen LogP contribution < -0.4 is 0 Å². The number of carboxylic acid groups (broad SMARTS) is 1. The van der Waals surface area contributed by atoms with Crippen molar-refractivity contribution in [2.45, 2.75) is 44.4 Å². The Hall–Kier alpha value is -3.51. The Morgan fingerprint density at radius 2 is 1.78 bits per heavy atom. The molecular formula is C25H27F3N4O5. The van der Waals surface area contributed by atoms with Crippen LogP contribution in [0.2, 0.25) is 0 Å². The number of aromatic nitrogens is 3. The van der Waals surface area contributed by atoms with E-state index in [4.69, 9.17) is 4.52 Å². The first-order chi connectivity index (χ1) is 17.2. The van der Waals surface area contributed by atoms with Crippen molar-refractivity contribution in [2.24, 2.45) is 5.41 Å². The second-order valence-corrected chi connectivity index (χ2v) is 10.3. The molecule has 1 fully saturated rings. The lowest BCUT2D eigenvalue weighted by molar-refractivity contribution is -0.127. The minimum Gasteiger partial charge on any atom is -0.465 e. The fourth-order valence-electron chi connectivity index (χ4n) is 4.56. The van der Waals surface area contributed by atoms with Gasteiger partial charge in [-0.3, -0.25) is 4.98 Å². The molecular weight excluding hydrogens is 493 g/mol. The monoisotopic (exact) mass is 520 g/mol. The summed E-state index contributed by atoms with van der Waals surface area (Å²) in [5.41, 5.74) is -2.62. The van der Waals surface area contributed by atoms with E-state index in [0.29, 0.717) is 5.56 Å². The summed E-state index contributed by atoms with van der Waals surface area (Å²) in [6.45, 7) is 4.95. The number of benzene rings is 1. The Kier molecular flexibility index (Phi) is 6.53. The van der Waals surface area contributed by atoms with Crippen molar-refractivity contribution < 1.29 is 37.8 Å². The molecule has 1 aliphatic heterocycles. The van der Waals surface area contributed by atoms with Crippen LogP contribution >= 0.6 is 0 Å². The lowest BCUT2D eigenvalue weighted by atomic mass is 9.62. The molecule has 1 aliphatic rings. The van der Waals surface area contributed by atoms with Gasteiger partial charge in [-0.1, -0.05) is 50.2 Å². The third-order valence-electron chi connectivity index (χ3n) is 6.83. The molecule has 1 amide bonds. The summed E-state index contributed by atoms with van der Waals surface area (Å²) < 4.78 is 44.0. The number of pyridine rings is 1. The van der Waals surface area contributed by atoms with Gasteiger partial charge in [0.1, 0.15) is 5.60 Å². The molecule has 1 saturated heterocycles. The minimum atomic E-state index is -4.38. The van der Waals surface area contributed by atoms with Gasteiger partial charge in [0.2, 0.25) is 0 Å². The van der Waals surface area contributed by atoms with Gasteiger partial charge in [0.15, 0.2) is 5.82 Å². The third-order valence-corrected chi connectivity index (χ3v) is 6.83. The van der Waals surface area contributed by atoms with Gasteiger partial charge in [0, 0.05) is 36.5 Å². The molecule has 0 unspecified atom stereocenters. The molecule has 198 valence electrons. The van der Waals surface area contributed by atoms with E-state index < -0.39 is 35.1 Å². The Balaban J connectivity index is 1.77. The number of rotatable bonds is 7. The molecule has 2 aromatic heterocycles. The molecule has 4 rings (SSSR count). The van der Waals surface area contributed by atoms with E-state index in [1.807, 2.05) is 0 Å². The summed E-state index contributed by atoms with van der Waals surface area (Å²) in [5.74, 6) is 0.369. The Morgan fingerprint density at radius 1 is 1.14 bits per heavy atom. The zero-order valence-electron chi connectivity index (χ0n) is 20.5. The maximum absolute atomic E-state index is 12.9. The fourth-order valence-corrected chi connectivity index (χ4v) is 4.56. The number of aliphatic hydroxyl groups excluding tert-OH is 1. The topological polar surface area (TPSA) is 133 Å². The maximum Gasteiger partial charge on any atom is 0.407 e. The van der Waals surface area contributed by atoms with Gasteiger partial charge >= 0.3 is 12.3 Å². The van der Waals surface area contributed by atoms with Crippen LogP contribution in [0.4, 0.5) is 18.0 Å². The number of halogens is 3. The normalized spacial score (nSPS) is 17.2. The average Bonchev–Trinajstić information content (AvgIpc) is 3.32. The number of aliphatic hydroxyl groups is 2. The average molecular weight is 521 g/mol. The summed E-state index contributed by atoms with van der Waals surface area (Å²) in [5, 5.41) is 35.1. The number of hydrogen-bond acceptors (Lipinski definition) is 7. The zero-order chi connectivity index (χ0) is 27.2. The highest BCUT2D eigenvalue weighted by Gasteiger charge is 2.57. The molecule has 1 atom stereocenters. The van der Waals surface area contributed by atoms with Crippen molar-refractivity contribution in [3.63, 3.8) is 0 Å². The van der Waals surface area contributed by atoms with Crippen molar-refractivity contribution in [2.75, 3.05) is 19.7 Å². The van der Waals surface area contributed by atoms with E-state index in [2.05, 4.69) is 15.1 Å². The Morgan fingerprint density at radius 3 is 2.35 bits per heavy atom. The van der Waals surface area contributed by atoms with E-state index in [0.717, 1.165) is 4.90 Å². The number of carbonyl (C=O) groups is 1. The summed E-state index contributed by atoms with van der Waals surface area (Å²) >= 11 is 0. The van der Waals surface area contributed by atoms with Gasteiger partial charge < -0.3 is 24.7 Å². The molecule has 37 heavy (non-hydrogen) atoms. The van der Waals surface area contributed by atoms with Gasteiger partial charge in [0.05, 0.1) is 24.0 Å². The quantitative estimate of drug-likeness (QED) is 0.429. The van der Waals surface area contributed by atoms with E-state index >= 15 is 0 Å². The summed E-state index contributed by atoms with van der Waals surface area (Å²) in [7, 11) is 0. The predicted molar refractivity (Wildman–Crippen MR) is 125 cm³/mol. The smallest absolute Gasteiger partial charge is 0.407 e. The molecule has 0 aliphatic carbocycles. The highest BCUT2D eigenvalue weighted by atomic mass is 19.4. The van der Waals surface area contributed by atoms with Crippen molar-refractivity contribution in [3.8, 4) is 11.5 Å².